The van der Waals surface area contributed by atoms with Gasteiger partial charge in [-0.15, -0.1) is 0 Å². The minimum absolute atomic E-state index is 0.0475. The number of aryl methyl sites for hydroxylation is 1. The third kappa shape index (κ3) is 4.71. The normalized spacial score (nSPS) is 11.7. The highest BCUT2D eigenvalue weighted by molar-refractivity contribution is 5.97. The number of carbonyl (C=O) groups is 1. The minimum Gasteiger partial charge on any atom is -0.456 e. The van der Waals surface area contributed by atoms with Crippen LogP contribution in [0.2, 0.25) is 0 Å². The number of hydrogen-bond donors (Lipinski definition) is 1. The molecule has 0 unspecified atom stereocenters. The summed E-state index contributed by atoms with van der Waals surface area (Å²) < 4.78 is 7.92. The Hall–Kier alpha value is -3.37. The Kier molecular flexibility index (Phi) is 6.13. The van der Waals surface area contributed by atoms with Gasteiger partial charge in [0, 0.05) is 23.1 Å². The summed E-state index contributed by atoms with van der Waals surface area (Å²) in [6.45, 7) is 10.7. The maximum Gasteiger partial charge on any atom is 0.339 e. The van der Waals surface area contributed by atoms with Gasteiger partial charge in [-0.1, -0.05) is 48.5 Å². The van der Waals surface area contributed by atoms with E-state index in [0.717, 1.165) is 23.2 Å². The van der Waals surface area contributed by atoms with Crippen LogP contribution >= 0.6 is 0 Å². The molecule has 4 nitrogen and oxygen atoms in total. The molecule has 4 rings (SSSR count). The van der Waals surface area contributed by atoms with E-state index in [0.29, 0.717) is 5.56 Å². The van der Waals surface area contributed by atoms with Crippen LogP contribution in [0, 0.1) is 13.8 Å². The van der Waals surface area contributed by atoms with E-state index in [1.807, 2.05) is 51.1 Å². The van der Waals surface area contributed by atoms with E-state index in [2.05, 4.69) is 54.8 Å². The van der Waals surface area contributed by atoms with Crippen molar-refractivity contribution in [3.8, 4) is 11.1 Å². The van der Waals surface area contributed by atoms with Crippen LogP contribution in [0.4, 0.5) is 0 Å². The van der Waals surface area contributed by atoms with Gasteiger partial charge >= 0.3 is 5.97 Å². The number of rotatable bonds is 5. The van der Waals surface area contributed by atoms with Crippen molar-refractivity contribution in [2.75, 3.05) is 0 Å². The molecule has 3 aromatic carbocycles. The third-order valence-corrected chi connectivity index (χ3v) is 6.04. The Labute approximate surface area is 195 Å². The van der Waals surface area contributed by atoms with Crippen LogP contribution in [-0.4, -0.2) is 21.2 Å². The highest BCUT2D eigenvalue weighted by Crippen LogP contribution is 2.29. The summed E-state index contributed by atoms with van der Waals surface area (Å²) in [6.07, 6.45) is 0. The van der Waals surface area contributed by atoms with Gasteiger partial charge in [-0.05, 0) is 80.6 Å². The zero-order valence-electron chi connectivity index (χ0n) is 20.0. The van der Waals surface area contributed by atoms with E-state index in [1.54, 1.807) is 0 Å². The lowest BCUT2D eigenvalue weighted by atomic mass is 9.98. The molecular weight excluding hydrogens is 410 g/mol. The number of aliphatic hydroxyl groups excluding tert-OH is 1. The lowest BCUT2D eigenvalue weighted by Gasteiger charge is -2.20. The molecule has 1 N–H and O–H groups in total. The van der Waals surface area contributed by atoms with Gasteiger partial charge in [0.05, 0.1) is 12.2 Å². The van der Waals surface area contributed by atoms with E-state index >= 15 is 0 Å². The molecule has 0 fully saturated rings. The van der Waals surface area contributed by atoms with Gasteiger partial charge in [0.2, 0.25) is 0 Å². The molecule has 0 saturated heterocycles. The second-order valence-corrected chi connectivity index (χ2v) is 9.55. The second-order valence-electron chi connectivity index (χ2n) is 9.55. The van der Waals surface area contributed by atoms with Crippen molar-refractivity contribution in [3.63, 3.8) is 0 Å². The Bertz CT molecular complexity index is 1310. The maximum atomic E-state index is 12.7. The molecule has 33 heavy (non-hydrogen) atoms. The predicted molar refractivity (Wildman–Crippen MR) is 133 cm³/mol. The van der Waals surface area contributed by atoms with E-state index in [-0.39, 0.29) is 12.6 Å². The number of hydrogen-bond acceptors (Lipinski definition) is 3. The molecule has 0 spiro atoms. The fraction of sp³-hybridized carbons (Fsp3) is 0.276. The van der Waals surface area contributed by atoms with Crippen LogP contribution < -0.4 is 0 Å². The van der Waals surface area contributed by atoms with Gasteiger partial charge in [0.15, 0.2) is 0 Å². The first kappa shape index (κ1) is 22.8. The maximum absolute atomic E-state index is 12.7. The molecular formula is C29H31NO3. The molecule has 0 atom stereocenters. The topological polar surface area (TPSA) is 51.5 Å². The van der Waals surface area contributed by atoms with Gasteiger partial charge in [0.25, 0.3) is 0 Å². The van der Waals surface area contributed by atoms with Crippen LogP contribution in [0.25, 0.3) is 22.0 Å². The zero-order chi connectivity index (χ0) is 23.8. The van der Waals surface area contributed by atoms with Gasteiger partial charge in [0.1, 0.15) is 5.60 Å². The zero-order valence-corrected chi connectivity index (χ0v) is 20.0. The van der Waals surface area contributed by atoms with Gasteiger partial charge in [-0.25, -0.2) is 4.79 Å². The van der Waals surface area contributed by atoms with E-state index in [4.69, 9.17) is 4.74 Å². The number of carbonyl (C=O) groups excluding carboxylic acids is 1. The van der Waals surface area contributed by atoms with Crippen molar-refractivity contribution in [1.82, 2.24) is 4.57 Å². The van der Waals surface area contributed by atoms with Crippen molar-refractivity contribution in [2.24, 2.45) is 0 Å². The van der Waals surface area contributed by atoms with Crippen molar-refractivity contribution in [3.05, 3.63) is 94.7 Å². The summed E-state index contributed by atoms with van der Waals surface area (Å²) in [5, 5.41) is 10.7. The van der Waals surface area contributed by atoms with Crippen LogP contribution in [0.5, 0.6) is 0 Å². The number of fused-ring (bicyclic) bond motifs is 1. The molecule has 170 valence electrons. The first-order valence-corrected chi connectivity index (χ1v) is 11.3. The highest BCUT2D eigenvalue weighted by Gasteiger charge is 2.20. The lowest BCUT2D eigenvalue weighted by molar-refractivity contribution is 0.00704. The smallest absolute Gasteiger partial charge is 0.339 e. The van der Waals surface area contributed by atoms with Gasteiger partial charge in [-0.2, -0.15) is 0 Å². The summed E-state index contributed by atoms with van der Waals surface area (Å²) >= 11 is 0. The molecule has 0 aliphatic carbocycles. The molecule has 4 heteroatoms. The average molecular weight is 442 g/mol. The highest BCUT2D eigenvalue weighted by atomic mass is 16.6. The third-order valence-electron chi connectivity index (χ3n) is 6.04. The number of esters is 1. The van der Waals surface area contributed by atoms with E-state index in [1.165, 1.54) is 27.7 Å². The molecule has 4 aromatic rings. The standard InChI is InChI=1S/C29H31NO3/c1-19-20(2)30(27-15-12-22(18-31)16-26(19)27)17-21-10-13-23(14-11-21)24-8-6-7-9-25(24)28(32)33-29(3,4)5/h6-16,31H,17-18H2,1-5H3. The monoisotopic (exact) mass is 441 g/mol. The van der Waals surface area contributed by atoms with Gasteiger partial charge in [-0.3, -0.25) is 0 Å². The Balaban J connectivity index is 1.64. The summed E-state index contributed by atoms with van der Waals surface area (Å²) in [5.74, 6) is -0.311. The minimum atomic E-state index is -0.540. The van der Waals surface area contributed by atoms with Crippen molar-refractivity contribution in [2.45, 2.75) is 53.4 Å². The molecule has 0 saturated carbocycles. The Morgan fingerprint density at radius 1 is 0.939 bits per heavy atom. The van der Waals surface area contributed by atoms with Crippen LogP contribution in [0.1, 0.15) is 53.5 Å². The summed E-state index contributed by atoms with van der Waals surface area (Å²) in [6, 6.07) is 22.1. The summed E-state index contributed by atoms with van der Waals surface area (Å²) in [4.78, 5) is 12.7. The van der Waals surface area contributed by atoms with Crippen LogP contribution in [0.3, 0.4) is 0 Å². The van der Waals surface area contributed by atoms with Crippen molar-refractivity contribution in [1.29, 1.82) is 0 Å². The van der Waals surface area contributed by atoms with Gasteiger partial charge < -0.3 is 14.4 Å². The van der Waals surface area contributed by atoms with E-state index < -0.39 is 5.60 Å². The molecule has 0 aliphatic heterocycles. The lowest BCUT2D eigenvalue weighted by Crippen LogP contribution is -2.24. The quantitative estimate of drug-likeness (QED) is 0.364. The summed E-state index contributed by atoms with van der Waals surface area (Å²) in [7, 11) is 0. The molecule has 0 aliphatic rings. The van der Waals surface area contributed by atoms with Crippen LogP contribution in [-0.2, 0) is 17.9 Å². The number of benzene rings is 3. The summed E-state index contributed by atoms with van der Waals surface area (Å²) in [5.41, 5.74) is 7.62. The van der Waals surface area contributed by atoms with Crippen molar-refractivity contribution >= 4 is 16.9 Å². The first-order chi connectivity index (χ1) is 15.7. The molecule has 0 amide bonds. The fourth-order valence-corrected chi connectivity index (χ4v) is 4.22. The molecule has 1 heterocycles. The Morgan fingerprint density at radius 3 is 2.27 bits per heavy atom. The second kappa shape index (κ2) is 8.87. The molecule has 1 aromatic heterocycles. The van der Waals surface area contributed by atoms with Crippen molar-refractivity contribution < 1.29 is 14.6 Å². The molecule has 0 bridgehead atoms. The number of ether oxygens (including phenoxy) is 1. The SMILES string of the molecule is Cc1c(C)n(Cc2ccc(-c3ccccc3C(=O)OC(C)(C)C)cc2)c2ccc(CO)cc12. The number of nitrogens with zero attached hydrogens (tertiary/aromatic N) is 1. The fourth-order valence-electron chi connectivity index (χ4n) is 4.22. The average Bonchev–Trinajstić information content (AvgIpc) is 3.02. The first-order valence-electron chi connectivity index (χ1n) is 11.3. The molecule has 0 radical (unpaired) electrons. The van der Waals surface area contributed by atoms with E-state index in [9.17, 15) is 9.90 Å². The largest absolute Gasteiger partial charge is 0.456 e. The van der Waals surface area contributed by atoms with Crippen LogP contribution in [0.15, 0.2) is 66.7 Å². The number of aliphatic hydroxyl groups is 1. The number of aromatic nitrogens is 1. The predicted octanol–water partition coefficient (Wildman–Crippen LogP) is 6.42. The Morgan fingerprint density at radius 2 is 1.61 bits per heavy atom.